The molecule has 0 bridgehead atoms. The quantitative estimate of drug-likeness (QED) is 0.551. The summed E-state index contributed by atoms with van der Waals surface area (Å²) in [5.74, 6) is 0.554. The molecule has 2 aromatic rings. The lowest BCUT2D eigenvalue weighted by Crippen LogP contribution is -2.17. The third-order valence-electron chi connectivity index (χ3n) is 4.51. The van der Waals surface area contributed by atoms with E-state index in [2.05, 4.69) is 5.32 Å². The van der Waals surface area contributed by atoms with E-state index in [0.717, 1.165) is 38.2 Å². The van der Waals surface area contributed by atoms with Crippen molar-refractivity contribution in [2.45, 2.75) is 58.6 Å². The predicted molar refractivity (Wildman–Crippen MR) is 106 cm³/mol. The highest BCUT2D eigenvalue weighted by Gasteiger charge is 2.26. The number of primary sulfonamides is 1. The summed E-state index contributed by atoms with van der Waals surface area (Å²) in [6.45, 7) is 0.164. The molecule has 1 aliphatic carbocycles. The molecule has 11 heteroatoms. The highest BCUT2D eigenvalue weighted by molar-refractivity contribution is 8.00. The zero-order valence-electron chi connectivity index (χ0n) is 15.0. The van der Waals surface area contributed by atoms with Gasteiger partial charge in [0.15, 0.2) is 0 Å². The van der Waals surface area contributed by atoms with E-state index >= 15 is 0 Å². The van der Waals surface area contributed by atoms with Gasteiger partial charge in [0.05, 0.1) is 23.4 Å². The standard InChI is InChI=1S/C17H22N2O6S3/c18-27(20,21)17-10-16(28(22,23)24)14(19-11-12-5-4-8-25-12)9-15(17)26-13-6-2-1-3-7-13/h4-5,8-10,13,19H,1-3,6-7,11H2,(H2,18,20,21)(H,22,23,24). The minimum atomic E-state index is -4.68. The molecule has 1 saturated carbocycles. The molecule has 0 amide bonds. The number of sulfonamides is 1. The average Bonchev–Trinajstić information content (AvgIpc) is 3.12. The van der Waals surface area contributed by atoms with Crippen LogP contribution in [0.25, 0.3) is 0 Å². The van der Waals surface area contributed by atoms with Crippen LogP contribution in [0.1, 0.15) is 37.9 Å². The molecule has 0 unspecified atom stereocenters. The number of thioether (sulfide) groups is 1. The Bertz CT molecular complexity index is 1030. The molecule has 0 aliphatic heterocycles. The first-order valence-electron chi connectivity index (χ1n) is 8.76. The summed E-state index contributed by atoms with van der Waals surface area (Å²) in [5.41, 5.74) is 0.0876. The fourth-order valence-electron chi connectivity index (χ4n) is 3.17. The number of anilines is 1. The molecule has 0 radical (unpaired) electrons. The maximum Gasteiger partial charge on any atom is 0.296 e. The Labute approximate surface area is 168 Å². The molecule has 0 saturated heterocycles. The highest BCUT2D eigenvalue weighted by atomic mass is 32.2. The molecule has 154 valence electrons. The summed E-state index contributed by atoms with van der Waals surface area (Å²) < 4.78 is 62.7. The SMILES string of the molecule is NS(=O)(=O)c1cc(S(=O)(=O)O)c(NCc2ccco2)cc1SC1CCCCC1. The first-order chi connectivity index (χ1) is 13.1. The first-order valence-corrected chi connectivity index (χ1v) is 12.6. The second kappa shape index (κ2) is 8.46. The van der Waals surface area contributed by atoms with E-state index in [0.29, 0.717) is 10.7 Å². The lowest BCUT2D eigenvalue weighted by Gasteiger charge is -2.23. The van der Waals surface area contributed by atoms with Crippen molar-refractivity contribution in [3.05, 3.63) is 36.3 Å². The van der Waals surface area contributed by atoms with Crippen LogP contribution < -0.4 is 10.5 Å². The van der Waals surface area contributed by atoms with Gasteiger partial charge >= 0.3 is 0 Å². The van der Waals surface area contributed by atoms with Crippen LogP contribution >= 0.6 is 11.8 Å². The van der Waals surface area contributed by atoms with Gasteiger partial charge < -0.3 is 9.73 Å². The Morgan fingerprint density at radius 2 is 1.86 bits per heavy atom. The number of nitrogens with one attached hydrogen (secondary N) is 1. The Balaban J connectivity index is 2.03. The molecule has 1 aliphatic rings. The van der Waals surface area contributed by atoms with Gasteiger partial charge in [-0.15, -0.1) is 11.8 Å². The van der Waals surface area contributed by atoms with Crippen LogP contribution in [-0.4, -0.2) is 26.6 Å². The van der Waals surface area contributed by atoms with Crippen LogP contribution in [0.15, 0.2) is 49.6 Å². The lowest BCUT2D eigenvalue weighted by molar-refractivity contribution is 0.482. The fraction of sp³-hybridized carbons (Fsp3) is 0.412. The van der Waals surface area contributed by atoms with Crippen LogP contribution in [0.5, 0.6) is 0 Å². The Hall–Kier alpha value is -1.53. The van der Waals surface area contributed by atoms with Crippen molar-refractivity contribution in [3.63, 3.8) is 0 Å². The maximum absolute atomic E-state index is 12.1. The zero-order valence-corrected chi connectivity index (χ0v) is 17.4. The van der Waals surface area contributed by atoms with Gasteiger partial charge in [0.2, 0.25) is 10.0 Å². The summed E-state index contributed by atoms with van der Waals surface area (Å²) in [7, 11) is -8.86. The van der Waals surface area contributed by atoms with Gasteiger partial charge in [-0.2, -0.15) is 8.42 Å². The predicted octanol–water partition coefficient (Wildman–Crippen LogP) is 3.21. The molecule has 1 fully saturated rings. The number of benzene rings is 1. The van der Waals surface area contributed by atoms with Crippen molar-refractivity contribution in [1.29, 1.82) is 0 Å². The number of rotatable bonds is 7. The van der Waals surface area contributed by atoms with Gasteiger partial charge in [0.1, 0.15) is 10.7 Å². The van der Waals surface area contributed by atoms with Crippen LogP contribution in [0.2, 0.25) is 0 Å². The normalized spacial score (nSPS) is 16.2. The fourth-order valence-corrected chi connectivity index (χ4v) is 6.32. The van der Waals surface area contributed by atoms with Gasteiger partial charge in [0.25, 0.3) is 10.1 Å². The smallest absolute Gasteiger partial charge is 0.296 e. The van der Waals surface area contributed by atoms with Crippen LogP contribution in [0, 0.1) is 0 Å². The van der Waals surface area contributed by atoms with Crippen LogP contribution in [-0.2, 0) is 26.7 Å². The molecule has 1 aromatic heterocycles. The molecule has 3 rings (SSSR count). The molecule has 1 aromatic carbocycles. The van der Waals surface area contributed by atoms with E-state index in [1.165, 1.54) is 24.1 Å². The molecular formula is C17H22N2O6S3. The third kappa shape index (κ3) is 5.29. The van der Waals surface area contributed by atoms with Crippen molar-refractivity contribution in [2.75, 3.05) is 5.32 Å². The van der Waals surface area contributed by atoms with Gasteiger partial charge in [-0.3, -0.25) is 4.55 Å². The number of hydrogen-bond donors (Lipinski definition) is 3. The summed E-state index contributed by atoms with van der Waals surface area (Å²) in [4.78, 5) is -0.487. The zero-order chi connectivity index (χ0) is 20.4. The van der Waals surface area contributed by atoms with Crippen molar-refractivity contribution in [3.8, 4) is 0 Å². The summed E-state index contributed by atoms with van der Waals surface area (Å²) in [6.07, 6.45) is 6.66. The van der Waals surface area contributed by atoms with E-state index < -0.39 is 25.0 Å². The molecule has 0 spiro atoms. The van der Waals surface area contributed by atoms with Gasteiger partial charge in [-0.25, -0.2) is 13.6 Å². The largest absolute Gasteiger partial charge is 0.467 e. The second-order valence-corrected chi connectivity index (χ2v) is 10.9. The summed E-state index contributed by atoms with van der Waals surface area (Å²) >= 11 is 1.38. The molecule has 1 heterocycles. The number of nitrogens with two attached hydrogens (primary N) is 1. The molecule has 0 atom stereocenters. The summed E-state index contributed by atoms with van der Waals surface area (Å²) in [6, 6.07) is 5.73. The Morgan fingerprint density at radius 1 is 1.14 bits per heavy atom. The molecular weight excluding hydrogens is 424 g/mol. The minimum Gasteiger partial charge on any atom is -0.467 e. The molecule has 4 N–H and O–H groups in total. The van der Waals surface area contributed by atoms with E-state index in [1.54, 1.807) is 12.1 Å². The van der Waals surface area contributed by atoms with E-state index in [4.69, 9.17) is 9.56 Å². The topological polar surface area (TPSA) is 140 Å². The van der Waals surface area contributed by atoms with Crippen LogP contribution in [0.3, 0.4) is 0 Å². The average molecular weight is 447 g/mol. The second-order valence-electron chi connectivity index (χ2n) is 6.63. The van der Waals surface area contributed by atoms with Gasteiger partial charge in [-0.1, -0.05) is 19.3 Å². The number of furan rings is 1. The van der Waals surface area contributed by atoms with Gasteiger partial charge in [0, 0.05) is 10.1 Å². The van der Waals surface area contributed by atoms with Crippen molar-refractivity contribution in [1.82, 2.24) is 0 Å². The van der Waals surface area contributed by atoms with Crippen molar-refractivity contribution < 1.29 is 25.8 Å². The Kier molecular flexibility index (Phi) is 6.40. The maximum atomic E-state index is 12.1. The van der Waals surface area contributed by atoms with E-state index in [1.807, 2.05) is 0 Å². The lowest BCUT2D eigenvalue weighted by atomic mass is 10.0. The van der Waals surface area contributed by atoms with E-state index in [-0.39, 0.29) is 22.4 Å². The van der Waals surface area contributed by atoms with Gasteiger partial charge in [-0.05, 0) is 37.1 Å². The summed E-state index contributed by atoms with van der Waals surface area (Å²) in [5, 5.41) is 8.45. The molecule has 28 heavy (non-hydrogen) atoms. The number of hydrogen-bond acceptors (Lipinski definition) is 7. The Morgan fingerprint density at radius 3 is 2.43 bits per heavy atom. The van der Waals surface area contributed by atoms with Crippen molar-refractivity contribution >= 4 is 37.6 Å². The molecule has 8 nitrogen and oxygen atoms in total. The minimum absolute atomic E-state index is 0.0876. The highest BCUT2D eigenvalue weighted by Crippen LogP contribution is 2.40. The van der Waals surface area contributed by atoms with Crippen molar-refractivity contribution in [2.24, 2.45) is 5.14 Å². The third-order valence-corrected chi connectivity index (χ3v) is 7.88. The first kappa shape index (κ1) is 21.2. The van der Waals surface area contributed by atoms with Crippen LogP contribution in [0.4, 0.5) is 5.69 Å². The monoisotopic (exact) mass is 446 g/mol. The van der Waals surface area contributed by atoms with E-state index in [9.17, 15) is 21.4 Å².